The molecule has 0 aliphatic heterocycles. The fourth-order valence-corrected chi connectivity index (χ4v) is 2.05. The number of fused-ring (bicyclic) bond motifs is 1. The van der Waals surface area contributed by atoms with Crippen molar-refractivity contribution in [3.8, 4) is 0 Å². The molecule has 0 aromatic carbocycles. The summed E-state index contributed by atoms with van der Waals surface area (Å²) in [6, 6.07) is 2.16. The lowest BCUT2D eigenvalue weighted by Gasteiger charge is -2.11. The number of nitrogens with one attached hydrogen (secondary N) is 2. The summed E-state index contributed by atoms with van der Waals surface area (Å²) < 4.78 is 1.87. The van der Waals surface area contributed by atoms with Crippen LogP contribution >= 0.6 is 0 Å². The molecule has 0 aliphatic carbocycles. The van der Waals surface area contributed by atoms with E-state index in [9.17, 15) is 4.79 Å². The van der Waals surface area contributed by atoms with Gasteiger partial charge in [0.1, 0.15) is 0 Å². The van der Waals surface area contributed by atoms with Crippen LogP contribution in [0, 0.1) is 5.92 Å². The standard InChI is InChI=1S/C14H21N5O/c1-9(2)19-13-11(7-17-19)5-12(8-16-13)18-14(20)10(3)6-15-4/h5,7-10,15H,6H2,1-4H3,(H,18,20). The molecule has 2 aromatic rings. The minimum Gasteiger partial charge on any atom is -0.324 e. The van der Waals surface area contributed by atoms with Gasteiger partial charge >= 0.3 is 0 Å². The number of pyridine rings is 1. The highest BCUT2D eigenvalue weighted by Crippen LogP contribution is 2.19. The van der Waals surface area contributed by atoms with Crippen molar-refractivity contribution in [1.82, 2.24) is 20.1 Å². The van der Waals surface area contributed by atoms with Crippen LogP contribution in [0.3, 0.4) is 0 Å². The van der Waals surface area contributed by atoms with Crippen LogP contribution < -0.4 is 10.6 Å². The Kier molecular flexibility index (Phi) is 4.34. The third-order valence-electron chi connectivity index (χ3n) is 3.15. The molecule has 0 bridgehead atoms. The third kappa shape index (κ3) is 2.96. The minimum atomic E-state index is -0.0888. The average Bonchev–Trinajstić information content (AvgIpc) is 2.82. The van der Waals surface area contributed by atoms with Gasteiger partial charge in [0.15, 0.2) is 5.65 Å². The van der Waals surface area contributed by atoms with Gasteiger partial charge in [-0.15, -0.1) is 0 Å². The van der Waals surface area contributed by atoms with Gasteiger partial charge in [-0.05, 0) is 27.0 Å². The predicted octanol–water partition coefficient (Wildman–Crippen LogP) is 1.81. The average molecular weight is 275 g/mol. The van der Waals surface area contributed by atoms with E-state index in [4.69, 9.17) is 0 Å². The zero-order chi connectivity index (χ0) is 14.7. The molecule has 1 amide bonds. The van der Waals surface area contributed by atoms with Crippen molar-refractivity contribution in [3.05, 3.63) is 18.5 Å². The molecule has 0 saturated heterocycles. The zero-order valence-corrected chi connectivity index (χ0v) is 12.3. The van der Waals surface area contributed by atoms with E-state index < -0.39 is 0 Å². The van der Waals surface area contributed by atoms with Crippen molar-refractivity contribution in [3.63, 3.8) is 0 Å². The SMILES string of the molecule is CNCC(C)C(=O)Nc1cnc2c(cnn2C(C)C)c1. The molecule has 108 valence electrons. The number of nitrogens with zero attached hydrogens (tertiary/aromatic N) is 3. The van der Waals surface area contributed by atoms with Crippen molar-refractivity contribution in [2.24, 2.45) is 5.92 Å². The summed E-state index contributed by atoms with van der Waals surface area (Å²) in [5, 5.41) is 11.1. The van der Waals surface area contributed by atoms with Crippen LogP contribution in [0.2, 0.25) is 0 Å². The summed E-state index contributed by atoms with van der Waals surface area (Å²) in [4.78, 5) is 16.3. The first-order valence-corrected chi connectivity index (χ1v) is 6.81. The van der Waals surface area contributed by atoms with Gasteiger partial charge in [0, 0.05) is 23.9 Å². The van der Waals surface area contributed by atoms with E-state index in [1.54, 1.807) is 12.4 Å². The third-order valence-corrected chi connectivity index (χ3v) is 3.15. The number of rotatable bonds is 5. The summed E-state index contributed by atoms with van der Waals surface area (Å²) in [6.07, 6.45) is 3.45. The van der Waals surface area contributed by atoms with Crippen LogP contribution in [0.15, 0.2) is 18.5 Å². The number of anilines is 1. The first-order chi connectivity index (χ1) is 9.52. The van der Waals surface area contributed by atoms with Gasteiger partial charge in [-0.25, -0.2) is 9.67 Å². The first kappa shape index (κ1) is 14.5. The molecule has 2 rings (SSSR count). The number of hydrogen-bond acceptors (Lipinski definition) is 4. The lowest BCUT2D eigenvalue weighted by atomic mass is 10.1. The van der Waals surface area contributed by atoms with E-state index in [-0.39, 0.29) is 17.9 Å². The molecule has 6 heteroatoms. The summed E-state index contributed by atoms with van der Waals surface area (Å²) in [5.74, 6) is -0.106. The van der Waals surface area contributed by atoms with Crippen molar-refractivity contribution in [1.29, 1.82) is 0 Å². The largest absolute Gasteiger partial charge is 0.324 e. The molecule has 20 heavy (non-hydrogen) atoms. The maximum atomic E-state index is 12.0. The van der Waals surface area contributed by atoms with Gasteiger partial charge in [0.25, 0.3) is 0 Å². The highest BCUT2D eigenvalue weighted by Gasteiger charge is 2.13. The second kappa shape index (κ2) is 6.00. The molecule has 1 unspecified atom stereocenters. The van der Waals surface area contributed by atoms with Crippen molar-refractivity contribution >= 4 is 22.6 Å². The van der Waals surface area contributed by atoms with Crippen molar-refractivity contribution in [2.45, 2.75) is 26.8 Å². The second-order valence-corrected chi connectivity index (χ2v) is 5.27. The van der Waals surface area contributed by atoms with E-state index in [2.05, 4.69) is 34.6 Å². The monoisotopic (exact) mass is 275 g/mol. The Hall–Kier alpha value is -1.95. The number of amides is 1. The smallest absolute Gasteiger partial charge is 0.228 e. The van der Waals surface area contributed by atoms with E-state index >= 15 is 0 Å². The summed E-state index contributed by atoms with van der Waals surface area (Å²) in [7, 11) is 1.83. The first-order valence-electron chi connectivity index (χ1n) is 6.81. The Balaban J connectivity index is 2.18. The molecule has 0 aliphatic rings. The van der Waals surface area contributed by atoms with Gasteiger partial charge in [-0.1, -0.05) is 6.92 Å². The molecule has 2 N–H and O–H groups in total. The molecule has 0 radical (unpaired) electrons. The molecule has 0 spiro atoms. The molecule has 6 nitrogen and oxygen atoms in total. The quantitative estimate of drug-likeness (QED) is 0.873. The van der Waals surface area contributed by atoms with Crippen molar-refractivity contribution < 1.29 is 4.79 Å². The van der Waals surface area contributed by atoms with E-state index in [0.29, 0.717) is 12.2 Å². The molecular weight excluding hydrogens is 254 g/mol. The van der Waals surface area contributed by atoms with Crippen LogP contribution in [0.1, 0.15) is 26.8 Å². The number of carbonyl (C=O) groups is 1. The Labute approximate surface area is 118 Å². The maximum Gasteiger partial charge on any atom is 0.228 e. The second-order valence-electron chi connectivity index (χ2n) is 5.27. The van der Waals surface area contributed by atoms with E-state index in [1.807, 2.05) is 24.7 Å². The molecule has 0 saturated carbocycles. The highest BCUT2D eigenvalue weighted by molar-refractivity contribution is 5.94. The Morgan fingerprint density at radius 1 is 1.35 bits per heavy atom. The van der Waals surface area contributed by atoms with Crippen LogP contribution in [0.25, 0.3) is 11.0 Å². The van der Waals surface area contributed by atoms with Crippen LogP contribution in [0.5, 0.6) is 0 Å². The Bertz CT molecular complexity index is 605. The summed E-state index contributed by atoms with van der Waals surface area (Å²) in [5.41, 5.74) is 1.54. The molecule has 2 aromatic heterocycles. The molecule has 2 heterocycles. The number of hydrogen-bond donors (Lipinski definition) is 2. The number of carbonyl (C=O) groups excluding carboxylic acids is 1. The van der Waals surface area contributed by atoms with E-state index in [1.165, 1.54) is 0 Å². The van der Waals surface area contributed by atoms with Crippen LogP contribution in [-0.2, 0) is 4.79 Å². The summed E-state index contributed by atoms with van der Waals surface area (Å²) in [6.45, 7) is 6.65. The lowest BCUT2D eigenvalue weighted by molar-refractivity contribution is -0.119. The van der Waals surface area contributed by atoms with Gasteiger partial charge in [-0.3, -0.25) is 4.79 Å². The maximum absolute atomic E-state index is 12.0. The summed E-state index contributed by atoms with van der Waals surface area (Å²) >= 11 is 0. The Morgan fingerprint density at radius 3 is 2.75 bits per heavy atom. The van der Waals surface area contributed by atoms with Crippen LogP contribution in [-0.4, -0.2) is 34.3 Å². The number of aromatic nitrogens is 3. The zero-order valence-electron chi connectivity index (χ0n) is 12.3. The van der Waals surface area contributed by atoms with Crippen LogP contribution in [0.4, 0.5) is 5.69 Å². The molecule has 1 atom stereocenters. The van der Waals surface area contributed by atoms with E-state index in [0.717, 1.165) is 11.0 Å². The molecular formula is C14H21N5O. The lowest BCUT2D eigenvalue weighted by Crippen LogP contribution is -2.28. The van der Waals surface area contributed by atoms with Gasteiger partial charge in [-0.2, -0.15) is 5.10 Å². The van der Waals surface area contributed by atoms with Gasteiger partial charge < -0.3 is 10.6 Å². The topological polar surface area (TPSA) is 71.8 Å². The fraction of sp³-hybridized carbons (Fsp3) is 0.500. The minimum absolute atomic E-state index is 0.0169. The van der Waals surface area contributed by atoms with Gasteiger partial charge in [0.05, 0.1) is 18.1 Å². The normalized spacial score (nSPS) is 12.8. The van der Waals surface area contributed by atoms with Gasteiger partial charge in [0.2, 0.25) is 5.91 Å². The van der Waals surface area contributed by atoms with Crippen molar-refractivity contribution in [2.75, 3.05) is 18.9 Å². The fourth-order valence-electron chi connectivity index (χ4n) is 2.05. The Morgan fingerprint density at radius 2 is 2.10 bits per heavy atom. The predicted molar refractivity (Wildman–Crippen MR) is 79.6 cm³/mol. The highest BCUT2D eigenvalue weighted by atomic mass is 16.1. The molecule has 0 fully saturated rings.